The summed E-state index contributed by atoms with van der Waals surface area (Å²) in [4.78, 5) is 28.8. The zero-order valence-electron chi connectivity index (χ0n) is 21.7. The van der Waals surface area contributed by atoms with Crippen molar-refractivity contribution in [3.63, 3.8) is 0 Å². The highest BCUT2D eigenvalue weighted by molar-refractivity contribution is 6.02. The maximum atomic E-state index is 13.3. The number of carbonyl (C=O) groups is 2. The highest BCUT2D eigenvalue weighted by Gasteiger charge is 2.51. The van der Waals surface area contributed by atoms with Gasteiger partial charge < -0.3 is 25.6 Å². The van der Waals surface area contributed by atoms with Gasteiger partial charge in [0, 0.05) is 43.2 Å². The first-order chi connectivity index (χ1) is 17.4. The number of hydrogen-bond acceptors (Lipinski definition) is 4. The maximum Gasteiger partial charge on any atom is 0.319 e. The molecule has 0 unspecified atom stereocenters. The molecule has 6 fully saturated rings. The predicted octanol–water partition coefficient (Wildman–Crippen LogP) is 4.92. The quantitative estimate of drug-likeness (QED) is 0.524. The van der Waals surface area contributed by atoms with Gasteiger partial charge in [-0.05, 0) is 106 Å². The van der Waals surface area contributed by atoms with Crippen LogP contribution in [-0.2, 0) is 4.74 Å². The van der Waals surface area contributed by atoms with Crippen molar-refractivity contribution in [2.24, 2.45) is 23.7 Å². The molecule has 2 aliphatic heterocycles. The number of nitrogens with one attached hydrogen (secondary N) is 3. The molecule has 3 N–H and O–H groups in total. The number of amides is 3. The first-order valence-corrected chi connectivity index (χ1v) is 14.3. The Morgan fingerprint density at radius 1 is 1.03 bits per heavy atom. The van der Waals surface area contributed by atoms with E-state index in [1.54, 1.807) is 0 Å². The van der Waals surface area contributed by atoms with Gasteiger partial charge in [0.1, 0.15) is 0 Å². The van der Waals surface area contributed by atoms with Gasteiger partial charge in [-0.25, -0.2) is 4.79 Å². The minimum atomic E-state index is -0.137. The number of carbonyl (C=O) groups excluding carboxylic acids is 2. The molecule has 7 rings (SSSR count). The summed E-state index contributed by atoms with van der Waals surface area (Å²) in [6, 6.07) is 5.68. The molecule has 7 heteroatoms. The number of piperidine rings is 1. The average molecular weight is 495 g/mol. The molecule has 4 saturated carbocycles. The van der Waals surface area contributed by atoms with E-state index < -0.39 is 0 Å². The van der Waals surface area contributed by atoms with E-state index in [0.717, 1.165) is 88.1 Å². The van der Waals surface area contributed by atoms with E-state index in [1.165, 1.54) is 19.3 Å². The topological polar surface area (TPSA) is 82.7 Å². The van der Waals surface area contributed by atoms with Gasteiger partial charge in [0.25, 0.3) is 5.91 Å². The van der Waals surface area contributed by atoms with Gasteiger partial charge >= 0.3 is 6.03 Å². The van der Waals surface area contributed by atoms with E-state index >= 15 is 0 Å². The Kier molecular flexibility index (Phi) is 6.61. The molecule has 0 aromatic heterocycles. The molecule has 196 valence electrons. The predicted molar refractivity (Wildman–Crippen MR) is 141 cm³/mol. The van der Waals surface area contributed by atoms with Crippen molar-refractivity contribution in [2.45, 2.75) is 82.8 Å². The van der Waals surface area contributed by atoms with Crippen LogP contribution >= 0.6 is 0 Å². The maximum absolute atomic E-state index is 13.3. The summed E-state index contributed by atoms with van der Waals surface area (Å²) in [5, 5.41) is 9.56. The van der Waals surface area contributed by atoms with Gasteiger partial charge in [-0.15, -0.1) is 0 Å². The van der Waals surface area contributed by atoms with Crippen LogP contribution in [0.25, 0.3) is 0 Å². The minimum absolute atomic E-state index is 0.0369. The lowest BCUT2D eigenvalue weighted by atomic mass is 9.53. The smallest absolute Gasteiger partial charge is 0.319 e. The van der Waals surface area contributed by atoms with Gasteiger partial charge in [-0.3, -0.25) is 4.79 Å². The normalized spacial score (nSPS) is 33.5. The van der Waals surface area contributed by atoms with Gasteiger partial charge in [0.2, 0.25) is 0 Å². The molecule has 2 saturated heterocycles. The lowest BCUT2D eigenvalue weighted by molar-refractivity contribution is -0.0127. The second-order valence-corrected chi connectivity index (χ2v) is 12.5. The summed E-state index contributed by atoms with van der Waals surface area (Å²) < 4.78 is 5.70. The number of anilines is 2. The van der Waals surface area contributed by atoms with Crippen LogP contribution in [0.1, 0.15) is 81.5 Å². The zero-order chi connectivity index (χ0) is 24.7. The molecule has 7 nitrogen and oxygen atoms in total. The van der Waals surface area contributed by atoms with Gasteiger partial charge in [-0.1, -0.05) is 6.92 Å². The average Bonchev–Trinajstić information content (AvgIpc) is 3.36. The SMILES string of the molecule is CC1CCN(c2ccc(NC(=O)NC34CC5CC(CC(C5)C3)C4)cc2C(=O)NC[C@H]2CCCO2)CC1. The molecule has 2 heterocycles. The van der Waals surface area contributed by atoms with Crippen molar-refractivity contribution in [3.05, 3.63) is 23.8 Å². The zero-order valence-corrected chi connectivity index (χ0v) is 21.7. The number of nitrogens with zero attached hydrogens (tertiary/aromatic N) is 1. The first-order valence-electron chi connectivity index (χ1n) is 14.3. The Morgan fingerprint density at radius 2 is 1.72 bits per heavy atom. The van der Waals surface area contributed by atoms with E-state index in [2.05, 4.69) is 27.8 Å². The van der Waals surface area contributed by atoms with E-state index in [4.69, 9.17) is 4.74 Å². The largest absolute Gasteiger partial charge is 0.376 e. The third-order valence-corrected chi connectivity index (χ3v) is 9.55. The second kappa shape index (κ2) is 9.88. The van der Waals surface area contributed by atoms with Gasteiger partial charge in [0.15, 0.2) is 0 Å². The van der Waals surface area contributed by atoms with E-state index in [0.29, 0.717) is 23.7 Å². The van der Waals surface area contributed by atoms with Crippen LogP contribution in [0.15, 0.2) is 18.2 Å². The van der Waals surface area contributed by atoms with Crippen molar-refractivity contribution >= 4 is 23.3 Å². The molecule has 1 atom stereocenters. The van der Waals surface area contributed by atoms with Crippen molar-refractivity contribution in [2.75, 3.05) is 36.5 Å². The lowest BCUT2D eigenvalue weighted by Crippen LogP contribution is -2.60. The van der Waals surface area contributed by atoms with Crippen molar-refractivity contribution in [1.29, 1.82) is 0 Å². The second-order valence-electron chi connectivity index (χ2n) is 12.5. The van der Waals surface area contributed by atoms with Crippen molar-refractivity contribution in [1.82, 2.24) is 10.6 Å². The van der Waals surface area contributed by atoms with Crippen molar-refractivity contribution < 1.29 is 14.3 Å². The van der Waals surface area contributed by atoms with Gasteiger partial charge in [-0.2, -0.15) is 0 Å². The standard InChI is InChI=1S/C29H42N4O3/c1-19-6-8-33(9-7-19)26-5-4-23(14-25(26)27(34)30-18-24-3-2-10-36-24)31-28(35)32-29-15-20-11-21(16-29)13-22(12-20)17-29/h4-5,14,19-22,24H,2-3,6-13,15-18H2,1H3,(H,30,34)(H2,31,32,35)/t20?,21?,22?,24-,29?/m1/s1. The Labute approximate surface area is 215 Å². The molecule has 4 aliphatic carbocycles. The third-order valence-electron chi connectivity index (χ3n) is 9.55. The number of rotatable bonds is 6. The van der Waals surface area contributed by atoms with E-state index in [-0.39, 0.29) is 23.6 Å². The molecule has 1 aromatic carbocycles. The van der Waals surface area contributed by atoms with Crippen molar-refractivity contribution in [3.8, 4) is 0 Å². The van der Waals surface area contributed by atoms with Crippen LogP contribution in [0.3, 0.4) is 0 Å². The molecule has 0 radical (unpaired) electrons. The van der Waals surface area contributed by atoms with E-state index in [1.807, 2.05) is 18.2 Å². The fraction of sp³-hybridized carbons (Fsp3) is 0.724. The number of hydrogen-bond donors (Lipinski definition) is 3. The fourth-order valence-electron chi connectivity index (χ4n) is 8.09. The number of benzene rings is 1. The summed E-state index contributed by atoms with van der Waals surface area (Å²) in [6.45, 7) is 5.50. The molecule has 3 amide bonds. The summed E-state index contributed by atoms with van der Waals surface area (Å²) in [5.41, 5.74) is 2.23. The molecule has 0 spiro atoms. The molecule has 6 aliphatic rings. The summed E-state index contributed by atoms with van der Waals surface area (Å²) >= 11 is 0. The number of urea groups is 1. The first kappa shape index (κ1) is 24.1. The molecule has 4 bridgehead atoms. The highest BCUT2D eigenvalue weighted by Crippen LogP contribution is 2.55. The third kappa shape index (κ3) is 5.09. The molecular weight excluding hydrogens is 452 g/mol. The highest BCUT2D eigenvalue weighted by atomic mass is 16.5. The molecule has 36 heavy (non-hydrogen) atoms. The Morgan fingerprint density at radius 3 is 2.36 bits per heavy atom. The van der Waals surface area contributed by atoms with Crippen LogP contribution in [0.5, 0.6) is 0 Å². The Balaban J connectivity index is 1.16. The summed E-state index contributed by atoms with van der Waals surface area (Å²) in [7, 11) is 0. The van der Waals surface area contributed by atoms with Crippen LogP contribution < -0.4 is 20.9 Å². The van der Waals surface area contributed by atoms with Crippen LogP contribution in [0, 0.1) is 23.7 Å². The molecular formula is C29H42N4O3. The van der Waals surface area contributed by atoms with Crippen LogP contribution in [-0.4, -0.2) is 49.8 Å². The van der Waals surface area contributed by atoms with Crippen LogP contribution in [0.2, 0.25) is 0 Å². The fourth-order valence-corrected chi connectivity index (χ4v) is 8.09. The molecule has 1 aromatic rings. The monoisotopic (exact) mass is 494 g/mol. The van der Waals surface area contributed by atoms with Crippen LogP contribution in [0.4, 0.5) is 16.2 Å². The number of ether oxygens (including phenoxy) is 1. The van der Waals surface area contributed by atoms with E-state index in [9.17, 15) is 9.59 Å². The Bertz CT molecular complexity index is 945. The Hall–Kier alpha value is -2.28. The van der Waals surface area contributed by atoms with Gasteiger partial charge in [0.05, 0.1) is 11.7 Å². The minimum Gasteiger partial charge on any atom is -0.376 e. The lowest BCUT2D eigenvalue weighted by Gasteiger charge is -2.56. The summed E-state index contributed by atoms with van der Waals surface area (Å²) in [5.74, 6) is 2.96. The summed E-state index contributed by atoms with van der Waals surface area (Å²) in [6.07, 6.45) is 11.8.